The van der Waals surface area contributed by atoms with Crippen LogP contribution in [0.2, 0.25) is 0 Å². The monoisotopic (exact) mass is 405 g/mol. The van der Waals surface area contributed by atoms with Gasteiger partial charge in [0, 0.05) is 13.1 Å². The van der Waals surface area contributed by atoms with Crippen LogP contribution >= 0.6 is 0 Å². The van der Waals surface area contributed by atoms with Crippen molar-refractivity contribution in [1.82, 2.24) is 15.0 Å². The van der Waals surface area contributed by atoms with Crippen LogP contribution in [-0.4, -0.2) is 46.5 Å². The van der Waals surface area contributed by atoms with E-state index in [0.717, 1.165) is 31.4 Å². The highest BCUT2D eigenvalue weighted by atomic mass is 16.5. The Bertz CT molecular complexity index is 1110. The zero-order valence-electron chi connectivity index (χ0n) is 17.0. The van der Waals surface area contributed by atoms with Crippen molar-refractivity contribution in [2.24, 2.45) is 0 Å². The van der Waals surface area contributed by atoms with Gasteiger partial charge in [0.1, 0.15) is 5.69 Å². The lowest BCUT2D eigenvalue weighted by Gasteiger charge is -2.20. The number of hydrogen-bond donors (Lipinski definition) is 1. The summed E-state index contributed by atoms with van der Waals surface area (Å²) in [5, 5.41) is 2.86. The number of anilines is 2. The molecule has 0 bridgehead atoms. The summed E-state index contributed by atoms with van der Waals surface area (Å²) in [6, 6.07) is 10.6. The number of benzene rings is 1. The number of pyridine rings is 1. The molecule has 2 aromatic heterocycles. The van der Waals surface area contributed by atoms with E-state index >= 15 is 0 Å². The number of nitrogens with one attached hydrogen (secondary N) is 1. The Morgan fingerprint density at radius 3 is 2.40 bits per heavy atom. The molecular formula is C22H23N5O3. The minimum atomic E-state index is -0.453. The minimum Gasteiger partial charge on any atom is -0.462 e. The number of esters is 1. The third-order valence-electron chi connectivity index (χ3n) is 5.00. The van der Waals surface area contributed by atoms with Crippen LogP contribution in [0.15, 0.2) is 36.4 Å². The highest BCUT2D eigenvalue weighted by Crippen LogP contribution is 2.28. The number of ether oxygens (including phenoxy) is 1. The molecule has 3 heterocycles. The van der Waals surface area contributed by atoms with Crippen molar-refractivity contribution in [2.45, 2.75) is 26.7 Å². The van der Waals surface area contributed by atoms with E-state index in [1.807, 2.05) is 24.3 Å². The maximum atomic E-state index is 12.9. The van der Waals surface area contributed by atoms with Crippen LogP contribution in [0.1, 0.15) is 46.3 Å². The van der Waals surface area contributed by atoms with Gasteiger partial charge in [0.15, 0.2) is 11.6 Å². The molecule has 1 saturated heterocycles. The van der Waals surface area contributed by atoms with E-state index in [0.29, 0.717) is 28.4 Å². The lowest BCUT2D eigenvalue weighted by molar-refractivity contribution is 0.0524. The fourth-order valence-electron chi connectivity index (χ4n) is 3.51. The Labute approximate surface area is 174 Å². The Morgan fingerprint density at radius 1 is 1.03 bits per heavy atom. The second-order valence-electron chi connectivity index (χ2n) is 7.08. The molecule has 0 radical (unpaired) electrons. The van der Waals surface area contributed by atoms with E-state index < -0.39 is 11.9 Å². The largest absolute Gasteiger partial charge is 0.462 e. The summed E-state index contributed by atoms with van der Waals surface area (Å²) in [5.41, 5.74) is 2.47. The van der Waals surface area contributed by atoms with Crippen LogP contribution in [0, 0.1) is 6.92 Å². The van der Waals surface area contributed by atoms with Crippen molar-refractivity contribution < 1.29 is 14.3 Å². The number of rotatable bonds is 5. The standard InChI is InChI=1S/C22H23N5O3/c1-3-30-22(29)15-10-11-18(23-14(15)2)21(28)26-19-20(27-12-6-7-13-27)25-17-9-5-4-8-16(17)24-19/h4-5,8-11H,3,6-7,12-13H2,1-2H3,(H,24,26,28). The minimum absolute atomic E-state index is 0.197. The highest BCUT2D eigenvalue weighted by molar-refractivity contribution is 6.04. The van der Waals surface area contributed by atoms with Crippen LogP contribution in [0.4, 0.5) is 11.6 Å². The molecule has 0 aliphatic carbocycles. The van der Waals surface area contributed by atoms with Crippen LogP contribution in [-0.2, 0) is 4.74 Å². The average molecular weight is 405 g/mol. The van der Waals surface area contributed by atoms with Crippen LogP contribution < -0.4 is 10.2 Å². The molecular weight excluding hydrogens is 382 g/mol. The van der Waals surface area contributed by atoms with Crippen LogP contribution in [0.3, 0.4) is 0 Å². The van der Waals surface area contributed by atoms with Gasteiger partial charge in [-0.25, -0.2) is 19.7 Å². The number of para-hydroxylation sites is 2. The zero-order valence-corrected chi connectivity index (χ0v) is 17.0. The number of nitrogens with zero attached hydrogens (tertiary/aromatic N) is 4. The van der Waals surface area contributed by atoms with Gasteiger partial charge in [-0.15, -0.1) is 0 Å². The van der Waals surface area contributed by atoms with E-state index in [4.69, 9.17) is 9.72 Å². The van der Waals surface area contributed by atoms with Crippen molar-refractivity contribution in [1.29, 1.82) is 0 Å². The second kappa shape index (κ2) is 8.44. The third-order valence-corrected chi connectivity index (χ3v) is 5.00. The fraction of sp³-hybridized carbons (Fsp3) is 0.318. The van der Waals surface area contributed by atoms with Crippen molar-refractivity contribution in [2.75, 3.05) is 29.9 Å². The lowest BCUT2D eigenvalue weighted by atomic mass is 10.2. The normalized spacial score (nSPS) is 13.5. The van der Waals surface area contributed by atoms with Gasteiger partial charge in [-0.05, 0) is 51.0 Å². The molecule has 8 heteroatoms. The fourth-order valence-corrected chi connectivity index (χ4v) is 3.51. The first-order valence-corrected chi connectivity index (χ1v) is 10.0. The van der Waals surface area contributed by atoms with E-state index in [-0.39, 0.29) is 12.3 Å². The number of fused-ring (bicyclic) bond motifs is 1. The molecule has 4 rings (SSSR count). The van der Waals surface area contributed by atoms with Crippen LogP contribution in [0.25, 0.3) is 11.0 Å². The molecule has 3 aromatic rings. The van der Waals surface area contributed by atoms with E-state index in [9.17, 15) is 9.59 Å². The molecule has 0 spiro atoms. The molecule has 154 valence electrons. The molecule has 8 nitrogen and oxygen atoms in total. The molecule has 1 fully saturated rings. The Balaban J connectivity index is 1.64. The van der Waals surface area contributed by atoms with Gasteiger partial charge >= 0.3 is 5.97 Å². The van der Waals surface area contributed by atoms with E-state index in [1.165, 1.54) is 6.07 Å². The van der Waals surface area contributed by atoms with Crippen molar-refractivity contribution >= 4 is 34.5 Å². The Morgan fingerprint density at radius 2 is 1.73 bits per heavy atom. The number of carbonyl (C=O) groups is 2. The quantitative estimate of drug-likeness (QED) is 0.650. The van der Waals surface area contributed by atoms with Gasteiger partial charge < -0.3 is 15.0 Å². The summed E-state index contributed by atoms with van der Waals surface area (Å²) >= 11 is 0. The molecule has 1 amide bonds. The van der Waals surface area contributed by atoms with Crippen LogP contribution in [0.5, 0.6) is 0 Å². The van der Waals surface area contributed by atoms with E-state index in [2.05, 4.69) is 20.2 Å². The predicted octanol–water partition coefficient (Wildman–Crippen LogP) is 3.36. The first-order valence-electron chi connectivity index (χ1n) is 10.0. The zero-order chi connectivity index (χ0) is 21.1. The second-order valence-corrected chi connectivity index (χ2v) is 7.08. The Hall–Kier alpha value is -3.55. The molecule has 30 heavy (non-hydrogen) atoms. The molecule has 1 aromatic carbocycles. The van der Waals surface area contributed by atoms with Crippen molar-refractivity contribution in [3.8, 4) is 0 Å². The van der Waals surface area contributed by atoms with Gasteiger partial charge in [0.2, 0.25) is 0 Å². The van der Waals surface area contributed by atoms with Gasteiger partial charge in [-0.2, -0.15) is 0 Å². The van der Waals surface area contributed by atoms with Crippen molar-refractivity contribution in [3.05, 3.63) is 53.3 Å². The predicted molar refractivity (Wildman–Crippen MR) is 114 cm³/mol. The summed E-state index contributed by atoms with van der Waals surface area (Å²) in [7, 11) is 0. The van der Waals surface area contributed by atoms with Crippen molar-refractivity contribution in [3.63, 3.8) is 0 Å². The molecule has 1 N–H and O–H groups in total. The summed E-state index contributed by atoms with van der Waals surface area (Å²) in [4.78, 5) is 40.7. The van der Waals surface area contributed by atoms with Gasteiger partial charge in [-0.3, -0.25) is 4.79 Å². The number of amides is 1. The third kappa shape index (κ3) is 3.94. The maximum absolute atomic E-state index is 12.9. The topological polar surface area (TPSA) is 97.3 Å². The number of carbonyl (C=O) groups excluding carboxylic acids is 2. The van der Waals surface area contributed by atoms with Gasteiger partial charge in [0.05, 0.1) is 28.9 Å². The van der Waals surface area contributed by atoms with E-state index in [1.54, 1.807) is 19.9 Å². The summed E-state index contributed by atoms with van der Waals surface area (Å²) in [6.45, 7) is 5.45. The Kier molecular flexibility index (Phi) is 5.56. The lowest BCUT2D eigenvalue weighted by Crippen LogP contribution is -2.24. The molecule has 0 unspecified atom stereocenters. The smallest absolute Gasteiger partial charge is 0.339 e. The number of aryl methyl sites for hydroxylation is 1. The molecule has 1 aliphatic rings. The van der Waals surface area contributed by atoms with Gasteiger partial charge in [-0.1, -0.05) is 12.1 Å². The maximum Gasteiger partial charge on any atom is 0.339 e. The molecule has 0 atom stereocenters. The summed E-state index contributed by atoms with van der Waals surface area (Å²) in [6.07, 6.45) is 2.16. The first-order chi connectivity index (χ1) is 14.6. The number of hydrogen-bond acceptors (Lipinski definition) is 7. The highest BCUT2D eigenvalue weighted by Gasteiger charge is 2.22. The summed E-state index contributed by atoms with van der Waals surface area (Å²) in [5.74, 6) is 0.221. The average Bonchev–Trinajstić information content (AvgIpc) is 3.28. The summed E-state index contributed by atoms with van der Waals surface area (Å²) < 4.78 is 5.02. The molecule has 0 saturated carbocycles. The molecule has 1 aliphatic heterocycles. The first kappa shape index (κ1) is 19.8. The SMILES string of the molecule is CCOC(=O)c1ccc(C(=O)Nc2nc3ccccc3nc2N2CCCC2)nc1C. The number of aromatic nitrogens is 3. The van der Waals surface area contributed by atoms with Gasteiger partial charge in [0.25, 0.3) is 5.91 Å².